The lowest BCUT2D eigenvalue weighted by Gasteiger charge is -2.23. The number of para-hydroxylation sites is 1. The van der Waals surface area contributed by atoms with Crippen LogP contribution in [0.5, 0.6) is 5.75 Å². The van der Waals surface area contributed by atoms with E-state index in [-0.39, 0.29) is 6.04 Å². The smallest absolute Gasteiger partial charge is 0.120 e. The molecule has 1 aliphatic rings. The first kappa shape index (κ1) is 13.4. The summed E-state index contributed by atoms with van der Waals surface area (Å²) >= 11 is 0. The number of hydrogen-bond acceptors (Lipinski definition) is 2. The van der Waals surface area contributed by atoms with Crippen LogP contribution in [0.4, 0.5) is 0 Å². The zero-order chi connectivity index (χ0) is 12.8. The molecule has 1 aromatic carbocycles. The standard InChI is InChI=1S/C16H25NO/c1-13(15-9-5-6-10-16(15)18)17-12-11-14-7-3-2-4-8-14/h5-6,9-10,13-14,17-18H,2-4,7-8,11-12H2,1H3. The van der Waals surface area contributed by atoms with Gasteiger partial charge in [-0.05, 0) is 31.9 Å². The van der Waals surface area contributed by atoms with E-state index in [9.17, 15) is 5.11 Å². The Bertz CT molecular complexity index is 358. The van der Waals surface area contributed by atoms with Crippen LogP contribution in [0.15, 0.2) is 24.3 Å². The van der Waals surface area contributed by atoms with E-state index in [4.69, 9.17) is 0 Å². The Morgan fingerprint density at radius 3 is 2.67 bits per heavy atom. The van der Waals surface area contributed by atoms with Crippen LogP contribution in [0.1, 0.15) is 57.1 Å². The van der Waals surface area contributed by atoms with E-state index in [1.54, 1.807) is 6.07 Å². The van der Waals surface area contributed by atoms with Gasteiger partial charge in [0.1, 0.15) is 5.75 Å². The molecule has 2 N–H and O–H groups in total. The van der Waals surface area contributed by atoms with Gasteiger partial charge in [-0.3, -0.25) is 0 Å². The lowest BCUT2D eigenvalue weighted by Crippen LogP contribution is -2.22. The maximum atomic E-state index is 9.79. The molecule has 1 fully saturated rings. The van der Waals surface area contributed by atoms with Crippen molar-refractivity contribution in [1.29, 1.82) is 0 Å². The largest absolute Gasteiger partial charge is 0.508 e. The van der Waals surface area contributed by atoms with Crippen LogP contribution in [-0.4, -0.2) is 11.7 Å². The zero-order valence-electron chi connectivity index (χ0n) is 11.4. The average molecular weight is 247 g/mol. The van der Waals surface area contributed by atoms with Crippen LogP contribution in [0.2, 0.25) is 0 Å². The van der Waals surface area contributed by atoms with E-state index in [1.165, 1.54) is 38.5 Å². The minimum absolute atomic E-state index is 0.231. The van der Waals surface area contributed by atoms with Gasteiger partial charge in [0.2, 0.25) is 0 Å². The molecule has 0 radical (unpaired) electrons. The molecule has 0 spiro atoms. The highest BCUT2D eigenvalue weighted by molar-refractivity contribution is 5.34. The Morgan fingerprint density at radius 2 is 1.94 bits per heavy atom. The third kappa shape index (κ3) is 3.74. The lowest BCUT2D eigenvalue weighted by atomic mass is 9.87. The van der Waals surface area contributed by atoms with Crippen molar-refractivity contribution in [3.05, 3.63) is 29.8 Å². The van der Waals surface area contributed by atoms with Gasteiger partial charge < -0.3 is 10.4 Å². The second-order valence-electron chi connectivity index (χ2n) is 5.53. The SMILES string of the molecule is CC(NCCC1CCCCC1)c1ccccc1O. The van der Waals surface area contributed by atoms with Gasteiger partial charge in [0, 0.05) is 11.6 Å². The molecule has 1 atom stereocenters. The van der Waals surface area contributed by atoms with Gasteiger partial charge in [0.15, 0.2) is 0 Å². The fourth-order valence-corrected chi connectivity index (χ4v) is 2.94. The molecule has 1 aromatic rings. The Balaban J connectivity index is 1.74. The summed E-state index contributed by atoms with van der Waals surface area (Å²) in [5.41, 5.74) is 1.00. The van der Waals surface area contributed by atoms with Gasteiger partial charge in [0.25, 0.3) is 0 Å². The van der Waals surface area contributed by atoms with Crippen molar-refractivity contribution in [2.45, 2.75) is 51.5 Å². The lowest BCUT2D eigenvalue weighted by molar-refractivity contribution is 0.328. The molecule has 2 nitrogen and oxygen atoms in total. The Labute approximate surface area is 110 Å². The molecule has 1 unspecified atom stereocenters. The number of rotatable bonds is 5. The van der Waals surface area contributed by atoms with E-state index in [1.807, 2.05) is 18.2 Å². The minimum atomic E-state index is 0.231. The summed E-state index contributed by atoms with van der Waals surface area (Å²) in [7, 11) is 0. The first-order valence-electron chi connectivity index (χ1n) is 7.28. The highest BCUT2D eigenvalue weighted by Gasteiger charge is 2.14. The van der Waals surface area contributed by atoms with Crippen molar-refractivity contribution in [3.63, 3.8) is 0 Å². The third-order valence-corrected chi connectivity index (χ3v) is 4.13. The molecule has 100 valence electrons. The quantitative estimate of drug-likeness (QED) is 0.824. The van der Waals surface area contributed by atoms with Gasteiger partial charge in [-0.15, -0.1) is 0 Å². The summed E-state index contributed by atoms with van der Waals surface area (Å²) in [4.78, 5) is 0. The van der Waals surface area contributed by atoms with E-state index < -0.39 is 0 Å². The van der Waals surface area contributed by atoms with Gasteiger partial charge in [-0.25, -0.2) is 0 Å². The minimum Gasteiger partial charge on any atom is -0.508 e. The molecule has 18 heavy (non-hydrogen) atoms. The molecule has 0 bridgehead atoms. The highest BCUT2D eigenvalue weighted by atomic mass is 16.3. The van der Waals surface area contributed by atoms with Crippen molar-refractivity contribution in [1.82, 2.24) is 5.32 Å². The maximum absolute atomic E-state index is 9.79. The molecule has 0 saturated heterocycles. The summed E-state index contributed by atoms with van der Waals surface area (Å²) in [6.07, 6.45) is 8.36. The van der Waals surface area contributed by atoms with Crippen LogP contribution in [0.25, 0.3) is 0 Å². The summed E-state index contributed by atoms with van der Waals surface area (Å²) < 4.78 is 0. The average Bonchev–Trinajstić information content (AvgIpc) is 2.40. The van der Waals surface area contributed by atoms with E-state index in [0.717, 1.165) is 18.0 Å². The van der Waals surface area contributed by atoms with Gasteiger partial charge in [-0.2, -0.15) is 0 Å². The fourth-order valence-electron chi connectivity index (χ4n) is 2.94. The van der Waals surface area contributed by atoms with Crippen LogP contribution in [0, 0.1) is 5.92 Å². The summed E-state index contributed by atoms with van der Waals surface area (Å²) in [6.45, 7) is 3.18. The summed E-state index contributed by atoms with van der Waals surface area (Å²) in [6, 6.07) is 7.83. The number of phenolic OH excluding ortho intramolecular Hbond substituents is 1. The monoisotopic (exact) mass is 247 g/mol. The van der Waals surface area contributed by atoms with Gasteiger partial charge in [0.05, 0.1) is 0 Å². The van der Waals surface area contributed by atoms with Crippen LogP contribution in [0.3, 0.4) is 0 Å². The first-order chi connectivity index (χ1) is 8.77. The topological polar surface area (TPSA) is 32.3 Å². The van der Waals surface area contributed by atoms with E-state index in [0.29, 0.717) is 5.75 Å². The van der Waals surface area contributed by atoms with Crippen LogP contribution in [-0.2, 0) is 0 Å². The van der Waals surface area contributed by atoms with Crippen molar-refractivity contribution in [3.8, 4) is 5.75 Å². The van der Waals surface area contributed by atoms with Crippen LogP contribution < -0.4 is 5.32 Å². The molecular formula is C16H25NO. The maximum Gasteiger partial charge on any atom is 0.120 e. The summed E-state index contributed by atoms with van der Waals surface area (Å²) in [5, 5.41) is 13.3. The number of aromatic hydroxyl groups is 1. The highest BCUT2D eigenvalue weighted by Crippen LogP contribution is 2.27. The third-order valence-electron chi connectivity index (χ3n) is 4.13. The molecule has 1 saturated carbocycles. The molecule has 2 rings (SSSR count). The van der Waals surface area contributed by atoms with E-state index >= 15 is 0 Å². The number of benzene rings is 1. The molecule has 0 aliphatic heterocycles. The van der Waals surface area contributed by atoms with Crippen molar-refractivity contribution in [2.75, 3.05) is 6.54 Å². The Kier molecular flexibility index (Phi) is 5.06. The normalized spacial score (nSPS) is 18.7. The summed E-state index contributed by atoms with van der Waals surface area (Å²) in [5.74, 6) is 1.32. The molecular weight excluding hydrogens is 222 g/mol. The van der Waals surface area contributed by atoms with Crippen molar-refractivity contribution >= 4 is 0 Å². The predicted octanol–water partition coefficient (Wildman–Crippen LogP) is 4.01. The second kappa shape index (κ2) is 6.79. The molecule has 0 aromatic heterocycles. The predicted molar refractivity (Wildman–Crippen MR) is 75.7 cm³/mol. The second-order valence-corrected chi connectivity index (χ2v) is 5.53. The van der Waals surface area contributed by atoms with Gasteiger partial charge >= 0.3 is 0 Å². The Hall–Kier alpha value is -1.02. The molecule has 1 aliphatic carbocycles. The zero-order valence-corrected chi connectivity index (χ0v) is 11.4. The Morgan fingerprint density at radius 1 is 1.22 bits per heavy atom. The van der Waals surface area contributed by atoms with Crippen molar-refractivity contribution < 1.29 is 5.11 Å². The van der Waals surface area contributed by atoms with Crippen molar-refractivity contribution in [2.24, 2.45) is 5.92 Å². The first-order valence-corrected chi connectivity index (χ1v) is 7.28. The van der Waals surface area contributed by atoms with Gasteiger partial charge in [-0.1, -0.05) is 50.3 Å². The molecule has 0 heterocycles. The molecule has 0 amide bonds. The number of phenols is 1. The number of hydrogen-bond donors (Lipinski definition) is 2. The van der Waals surface area contributed by atoms with E-state index in [2.05, 4.69) is 12.2 Å². The molecule has 2 heteroatoms. The van der Waals surface area contributed by atoms with Crippen LogP contribution >= 0.6 is 0 Å². The number of nitrogens with one attached hydrogen (secondary N) is 1. The fraction of sp³-hybridized carbons (Fsp3) is 0.625.